The first-order valence-electron chi connectivity index (χ1n) is 7.55. The van der Waals surface area contributed by atoms with Crippen molar-refractivity contribution >= 4 is 23.4 Å². The van der Waals surface area contributed by atoms with Crippen LogP contribution in [0.3, 0.4) is 0 Å². The number of para-hydroxylation sites is 1. The molecule has 6 nitrogen and oxygen atoms in total. The fourth-order valence-electron chi connectivity index (χ4n) is 2.25. The molecule has 2 aromatic carbocycles. The highest BCUT2D eigenvalue weighted by Gasteiger charge is 2.32. The Morgan fingerprint density at radius 2 is 1.84 bits per heavy atom. The summed E-state index contributed by atoms with van der Waals surface area (Å²) in [4.78, 5) is 12.6. The van der Waals surface area contributed by atoms with Gasteiger partial charge in [0.05, 0.1) is 12.4 Å². The SMILES string of the molecule is COCO[C@@H](C(=O)O)[C@@H](Sc1ccccc1N)c1ccc(OC)cc1. The molecular formula is C18H21NO5S. The van der Waals surface area contributed by atoms with Crippen LogP contribution in [0.25, 0.3) is 0 Å². The van der Waals surface area contributed by atoms with Crippen LogP contribution in [0.5, 0.6) is 5.75 Å². The van der Waals surface area contributed by atoms with Gasteiger partial charge >= 0.3 is 5.97 Å². The number of carboxylic acids is 1. The topological polar surface area (TPSA) is 91.0 Å². The van der Waals surface area contributed by atoms with E-state index in [1.165, 1.54) is 18.9 Å². The first-order valence-corrected chi connectivity index (χ1v) is 8.43. The van der Waals surface area contributed by atoms with Crippen LogP contribution in [0.1, 0.15) is 10.8 Å². The summed E-state index contributed by atoms with van der Waals surface area (Å²) < 4.78 is 15.5. The highest BCUT2D eigenvalue weighted by molar-refractivity contribution is 7.99. The van der Waals surface area contributed by atoms with Gasteiger partial charge in [0, 0.05) is 17.7 Å². The Labute approximate surface area is 150 Å². The number of benzene rings is 2. The number of nitrogens with two attached hydrogens (primary N) is 1. The fourth-order valence-corrected chi connectivity index (χ4v) is 3.50. The number of carbonyl (C=O) groups is 1. The standard InChI is InChI=1S/C18H21NO5S/c1-22-11-24-16(18(20)21)17(12-7-9-13(23-2)10-8-12)25-15-6-4-3-5-14(15)19/h3-10,16-17H,11,19H2,1-2H3,(H,20,21)/t16-,17+/m1/s1. The maximum atomic E-state index is 11.8. The molecule has 0 aliphatic rings. The predicted octanol–water partition coefficient (Wildman–Crippen LogP) is 3.18. The second kappa shape index (κ2) is 9.31. The molecule has 7 heteroatoms. The molecule has 0 fully saturated rings. The van der Waals surface area contributed by atoms with E-state index in [1.807, 2.05) is 30.3 Å². The summed E-state index contributed by atoms with van der Waals surface area (Å²) in [6.07, 6.45) is -1.10. The van der Waals surface area contributed by atoms with Gasteiger partial charge in [-0.1, -0.05) is 24.3 Å². The summed E-state index contributed by atoms with van der Waals surface area (Å²) in [5.74, 6) is -0.378. The molecule has 25 heavy (non-hydrogen) atoms. The van der Waals surface area contributed by atoms with Crippen molar-refractivity contribution < 1.29 is 24.1 Å². The number of anilines is 1. The molecule has 0 unspecified atom stereocenters. The van der Waals surface area contributed by atoms with Crippen LogP contribution in [0.2, 0.25) is 0 Å². The third-order valence-electron chi connectivity index (χ3n) is 3.50. The summed E-state index contributed by atoms with van der Waals surface area (Å²) in [5.41, 5.74) is 7.39. The minimum atomic E-state index is -1.10. The number of ether oxygens (including phenoxy) is 3. The number of carboxylic acid groups (broad SMARTS) is 1. The van der Waals surface area contributed by atoms with Gasteiger partial charge in [0.15, 0.2) is 6.10 Å². The van der Waals surface area contributed by atoms with Crippen molar-refractivity contribution in [2.75, 3.05) is 26.7 Å². The van der Waals surface area contributed by atoms with Crippen LogP contribution in [0.4, 0.5) is 5.69 Å². The zero-order valence-corrected chi connectivity index (χ0v) is 14.9. The minimum absolute atomic E-state index is 0.117. The van der Waals surface area contributed by atoms with Gasteiger partial charge in [-0.2, -0.15) is 0 Å². The summed E-state index contributed by atoms with van der Waals surface area (Å²) in [5, 5.41) is 9.12. The third-order valence-corrected chi connectivity index (χ3v) is 4.90. The lowest BCUT2D eigenvalue weighted by Crippen LogP contribution is -2.30. The van der Waals surface area contributed by atoms with Gasteiger partial charge in [-0.05, 0) is 29.8 Å². The van der Waals surface area contributed by atoms with Gasteiger partial charge < -0.3 is 25.1 Å². The Morgan fingerprint density at radius 3 is 2.40 bits per heavy atom. The summed E-state index contributed by atoms with van der Waals surface area (Å²) >= 11 is 1.34. The second-order valence-corrected chi connectivity index (χ2v) is 6.36. The van der Waals surface area contributed by atoms with E-state index in [-0.39, 0.29) is 6.79 Å². The van der Waals surface area contributed by atoms with Gasteiger partial charge in [-0.15, -0.1) is 11.8 Å². The maximum absolute atomic E-state index is 11.8. The lowest BCUT2D eigenvalue weighted by atomic mass is 10.1. The zero-order chi connectivity index (χ0) is 18.2. The molecule has 0 aliphatic carbocycles. The van der Waals surface area contributed by atoms with Crippen molar-refractivity contribution in [3.8, 4) is 5.75 Å². The Hall–Kier alpha value is -2.22. The van der Waals surface area contributed by atoms with Crippen LogP contribution in [-0.2, 0) is 14.3 Å². The molecule has 134 valence electrons. The van der Waals surface area contributed by atoms with Crippen molar-refractivity contribution in [1.82, 2.24) is 0 Å². The van der Waals surface area contributed by atoms with Crippen molar-refractivity contribution in [3.05, 3.63) is 54.1 Å². The number of hydrogen-bond acceptors (Lipinski definition) is 6. The van der Waals surface area contributed by atoms with E-state index in [1.54, 1.807) is 25.3 Å². The van der Waals surface area contributed by atoms with Crippen LogP contribution < -0.4 is 10.5 Å². The summed E-state index contributed by atoms with van der Waals surface area (Å²) in [7, 11) is 3.03. The molecule has 0 bridgehead atoms. The van der Waals surface area contributed by atoms with E-state index < -0.39 is 17.3 Å². The van der Waals surface area contributed by atoms with E-state index in [4.69, 9.17) is 19.9 Å². The largest absolute Gasteiger partial charge is 0.497 e. The number of methoxy groups -OCH3 is 2. The lowest BCUT2D eigenvalue weighted by molar-refractivity contribution is -0.158. The Morgan fingerprint density at radius 1 is 1.16 bits per heavy atom. The van der Waals surface area contributed by atoms with Gasteiger partial charge in [-0.25, -0.2) is 4.79 Å². The molecule has 0 radical (unpaired) electrons. The Bertz CT molecular complexity index is 692. The van der Waals surface area contributed by atoms with Gasteiger partial charge in [0.2, 0.25) is 0 Å². The molecule has 3 N–H and O–H groups in total. The zero-order valence-electron chi connectivity index (χ0n) is 14.0. The van der Waals surface area contributed by atoms with E-state index in [2.05, 4.69) is 0 Å². The summed E-state index contributed by atoms with van der Waals surface area (Å²) in [6, 6.07) is 14.5. The monoisotopic (exact) mass is 363 g/mol. The van der Waals surface area contributed by atoms with Crippen LogP contribution in [-0.4, -0.2) is 38.2 Å². The second-order valence-electron chi connectivity index (χ2n) is 5.18. The van der Waals surface area contributed by atoms with Gasteiger partial charge in [0.1, 0.15) is 12.5 Å². The molecule has 0 aromatic heterocycles. The highest BCUT2D eigenvalue weighted by atomic mass is 32.2. The van der Waals surface area contributed by atoms with E-state index >= 15 is 0 Å². The lowest BCUT2D eigenvalue weighted by Gasteiger charge is -2.24. The molecule has 0 aliphatic heterocycles. The third kappa shape index (κ3) is 5.12. The maximum Gasteiger partial charge on any atom is 0.334 e. The fraction of sp³-hybridized carbons (Fsp3) is 0.278. The predicted molar refractivity (Wildman–Crippen MR) is 96.8 cm³/mol. The van der Waals surface area contributed by atoms with E-state index in [0.29, 0.717) is 11.4 Å². The molecule has 0 saturated carbocycles. The average molecular weight is 363 g/mol. The first kappa shape index (κ1) is 19.1. The Balaban J connectivity index is 2.37. The van der Waals surface area contributed by atoms with E-state index in [0.717, 1.165) is 10.5 Å². The quantitative estimate of drug-likeness (QED) is 0.402. The molecule has 2 atom stereocenters. The van der Waals surface area contributed by atoms with Crippen molar-refractivity contribution in [1.29, 1.82) is 0 Å². The van der Waals surface area contributed by atoms with Gasteiger partial charge in [-0.3, -0.25) is 0 Å². The number of nitrogen functional groups attached to an aromatic ring is 1. The molecule has 0 amide bonds. The first-order chi connectivity index (χ1) is 12.1. The van der Waals surface area contributed by atoms with Crippen molar-refractivity contribution in [2.45, 2.75) is 16.2 Å². The molecule has 0 saturated heterocycles. The summed E-state index contributed by atoms with van der Waals surface area (Å²) in [6.45, 7) is -0.117. The van der Waals surface area contributed by atoms with E-state index in [9.17, 15) is 9.90 Å². The number of aliphatic carboxylic acids is 1. The number of rotatable bonds is 9. The molecule has 0 spiro atoms. The molecular weight excluding hydrogens is 342 g/mol. The number of hydrogen-bond donors (Lipinski definition) is 2. The van der Waals surface area contributed by atoms with Gasteiger partial charge in [0.25, 0.3) is 0 Å². The molecule has 2 rings (SSSR count). The van der Waals surface area contributed by atoms with Crippen LogP contribution in [0, 0.1) is 0 Å². The highest BCUT2D eigenvalue weighted by Crippen LogP contribution is 2.41. The minimum Gasteiger partial charge on any atom is -0.497 e. The van der Waals surface area contributed by atoms with Crippen LogP contribution in [0.15, 0.2) is 53.4 Å². The Kier molecular flexibility index (Phi) is 7.12. The number of thioether (sulfide) groups is 1. The van der Waals surface area contributed by atoms with Crippen LogP contribution >= 0.6 is 11.8 Å². The normalized spacial score (nSPS) is 13.2. The average Bonchev–Trinajstić information content (AvgIpc) is 2.62. The smallest absolute Gasteiger partial charge is 0.334 e. The van der Waals surface area contributed by atoms with Crippen molar-refractivity contribution in [2.24, 2.45) is 0 Å². The molecule has 0 heterocycles. The van der Waals surface area contributed by atoms with Crippen molar-refractivity contribution in [3.63, 3.8) is 0 Å². The molecule has 2 aromatic rings.